The predicted molar refractivity (Wildman–Crippen MR) is 52.4 cm³/mol. The van der Waals surface area contributed by atoms with E-state index in [4.69, 9.17) is 9.15 Å². The third-order valence-corrected chi connectivity index (χ3v) is 1.40. The minimum atomic E-state index is -0.770. The van der Waals surface area contributed by atoms with E-state index in [9.17, 15) is 9.59 Å². The fraction of sp³-hybridized carbons (Fsp3) is 0.400. The van der Waals surface area contributed by atoms with Gasteiger partial charge in [-0.3, -0.25) is 10.1 Å². The second-order valence-electron chi connectivity index (χ2n) is 3.97. The van der Waals surface area contributed by atoms with Gasteiger partial charge < -0.3 is 9.15 Å². The highest BCUT2D eigenvalue weighted by Crippen LogP contribution is 2.07. The minimum absolute atomic E-state index is 0.279. The summed E-state index contributed by atoms with van der Waals surface area (Å²) >= 11 is 0. The van der Waals surface area contributed by atoms with E-state index >= 15 is 0 Å². The molecular weight excluding hydrogens is 198 g/mol. The first-order chi connectivity index (χ1) is 6.88. The summed E-state index contributed by atoms with van der Waals surface area (Å²) in [5.74, 6) is -0.544. The summed E-state index contributed by atoms with van der Waals surface area (Å²) in [6.07, 6.45) is 1.83. The first kappa shape index (κ1) is 11.3. The van der Waals surface area contributed by atoms with Crippen LogP contribution in [0.25, 0.3) is 0 Å². The maximum Gasteiger partial charge on any atom is 0.414 e. The number of ether oxygens (including phenoxy) is 1. The smallest absolute Gasteiger partial charge is 0.414 e. The molecule has 15 heavy (non-hydrogen) atoms. The molecule has 0 aromatic carbocycles. The van der Waals surface area contributed by atoms with Crippen LogP contribution in [-0.4, -0.2) is 17.6 Å². The number of imide groups is 1. The fourth-order valence-electron chi connectivity index (χ4n) is 0.862. The van der Waals surface area contributed by atoms with Crippen molar-refractivity contribution < 1.29 is 18.7 Å². The van der Waals surface area contributed by atoms with Crippen molar-refractivity contribution in [3.63, 3.8) is 0 Å². The summed E-state index contributed by atoms with van der Waals surface area (Å²) in [5.41, 5.74) is -0.346. The highest BCUT2D eigenvalue weighted by Gasteiger charge is 2.18. The van der Waals surface area contributed by atoms with Gasteiger partial charge in [-0.05, 0) is 26.8 Å². The van der Waals surface area contributed by atoms with Crippen molar-refractivity contribution in [3.8, 4) is 0 Å². The van der Waals surface area contributed by atoms with Crippen molar-refractivity contribution >= 4 is 12.0 Å². The Kier molecular flexibility index (Phi) is 3.14. The van der Waals surface area contributed by atoms with Gasteiger partial charge in [0.15, 0.2) is 0 Å². The van der Waals surface area contributed by atoms with Gasteiger partial charge in [0.25, 0.3) is 5.91 Å². The van der Waals surface area contributed by atoms with Gasteiger partial charge in [0.1, 0.15) is 11.9 Å². The zero-order valence-corrected chi connectivity index (χ0v) is 8.87. The number of furan rings is 1. The Bertz CT molecular complexity index is 348. The van der Waals surface area contributed by atoms with E-state index < -0.39 is 17.6 Å². The summed E-state index contributed by atoms with van der Waals surface area (Å²) in [7, 11) is 0. The molecule has 1 N–H and O–H groups in total. The maximum absolute atomic E-state index is 11.3. The van der Waals surface area contributed by atoms with Crippen LogP contribution in [0, 0.1) is 0 Å². The number of alkyl carbamates (subject to hydrolysis) is 1. The van der Waals surface area contributed by atoms with Gasteiger partial charge in [0.05, 0.1) is 11.8 Å². The monoisotopic (exact) mass is 211 g/mol. The van der Waals surface area contributed by atoms with Crippen LogP contribution in [0.3, 0.4) is 0 Å². The van der Waals surface area contributed by atoms with Crippen molar-refractivity contribution in [2.45, 2.75) is 26.4 Å². The van der Waals surface area contributed by atoms with Crippen LogP contribution < -0.4 is 5.32 Å². The Hall–Kier alpha value is -1.78. The molecule has 1 rings (SSSR count). The number of hydrogen-bond acceptors (Lipinski definition) is 4. The molecule has 1 aromatic rings. The van der Waals surface area contributed by atoms with Crippen molar-refractivity contribution in [1.82, 2.24) is 5.32 Å². The van der Waals surface area contributed by atoms with Crippen molar-refractivity contribution in [2.75, 3.05) is 0 Å². The molecule has 0 aliphatic rings. The molecule has 0 aliphatic carbocycles. The number of amides is 2. The molecule has 0 bridgehead atoms. The molecule has 82 valence electrons. The quantitative estimate of drug-likeness (QED) is 0.770. The van der Waals surface area contributed by atoms with Gasteiger partial charge in [-0.2, -0.15) is 0 Å². The maximum atomic E-state index is 11.3. The van der Waals surface area contributed by atoms with Crippen molar-refractivity contribution in [1.29, 1.82) is 0 Å². The molecule has 0 atom stereocenters. The van der Waals surface area contributed by atoms with Gasteiger partial charge in [-0.15, -0.1) is 0 Å². The van der Waals surface area contributed by atoms with Crippen LogP contribution in [0.5, 0.6) is 0 Å². The molecule has 0 aliphatic heterocycles. The Balaban J connectivity index is 2.50. The zero-order valence-electron chi connectivity index (χ0n) is 8.87. The van der Waals surface area contributed by atoms with Crippen LogP contribution >= 0.6 is 0 Å². The van der Waals surface area contributed by atoms with E-state index in [2.05, 4.69) is 5.32 Å². The fourth-order valence-corrected chi connectivity index (χ4v) is 0.862. The van der Waals surface area contributed by atoms with E-state index in [1.165, 1.54) is 18.6 Å². The SMILES string of the molecule is CC(C)(C)OC(=O)NC(=O)c1ccoc1. The lowest BCUT2D eigenvalue weighted by Crippen LogP contribution is -2.36. The molecule has 0 fully saturated rings. The highest BCUT2D eigenvalue weighted by molar-refractivity contribution is 6.02. The molecular formula is C10H13NO4. The molecule has 0 saturated heterocycles. The molecule has 0 radical (unpaired) electrons. The van der Waals surface area contributed by atoms with Crippen LogP contribution in [0.1, 0.15) is 31.1 Å². The average molecular weight is 211 g/mol. The predicted octanol–water partition coefficient (Wildman–Crippen LogP) is 1.94. The average Bonchev–Trinajstić information content (AvgIpc) is 2.50. The molecule has 5 nitrogen and oxygen atoms in total. The van der Waals surface area contributed by atoms with E-state index in [1.807, 2.05) is 0 Å². The van der Waals surface area contributed by atoms with Gasteiger partial charge >= 0.3 is 6.09 Å². The van der Waals surface area contributed by atoms with Gasteiger partial charge in [0, 0.05) is 0 Å². The van der Waals surface area contributed by atoms with E-state index in [0.29, 0.717) is 0 Å². The number of hydrogen-bond donors (Lipinski definition) is 1. The first-order valence-electron chi connectivity index (χ1n) is 4.45. The van der Waals surface area contributed by atoms with Crippen LogP contribution in [0.15, 0.2) is 23.0 Å². The lowest BCUT2D eigenvalue weighted by Gasteiger charge is -2.18. The number of carbonyl (C=O) groups excluding carboxylic acids is 2. The zero-order chi connectivity index (χ0) is 11.5. The minimum Gasteiger partial charge on any atom is -0.472 e. The molecule has 2 amide bonds. The normalized spacial score (nSPS) is 10.9. The van der Waals surface area contributed by atoms with Gasteiger partial charge in [0.2, 0.25) is 0 Å². The standard InChI is InChI=1S/C10H13NO4/c1-10(2,3)15-9(13)11-8(12)7-4-5-14-6-7/h4-6H,1-3H3,(H,11,12,13). The number of rotatable bonds is 1. The highest BCUT2D eigenvalue weighted by atomic mass is 16.6. The van der Waals surface area contributed by atoms with Crippen LogP contribution in [0.2, 0.25) is 0 Å². The topological polar surface area (TPSA) is 68.5 Å². The van der Waals surface area contributed by atoms with Gasteiger partial charge in [-0.25, -0.2) is 4.79 Å². The Morgan fingerprint density at radius 2 is 2.07 bits per heavy atom. The number of nitrogens with one attached hydrogen (secondary N) is 1. The Morgan fingerprint density at radius 3 is 2.53 bits per heavy atom. The summed E-state index contributed by atoms with van der Waals surface area (Å²) in [5, 5.41) is 2.08. The molecule has 0 spiro atoms. The van der Waals surface area contributed by atoms with Crippen LogP contribution in [0.4, 0.5) is 4.79 Å². The molecule has 0 unspecified atom stereocenters. The summed E-state index contributed by atoms with van der Waals surface area (Å²) in [4.78, 5) is 22.5. The third-order valence-electron chi connectivity index (χ3n) is 1.40. The largest absolute Gasteiger partial charge is 0.472 e. The third kappa shape index (κ3) is 3.84. The second kappa shape index (κ2) is 4.16. The molecule has 5 heteroatoms. The van der Waals surface area contributed by atoms with Crippen molar-refractivity contribution in [3.05, 3.63) is 24.2 Å². The summed E-state index contributed by atoms with van der Waals surface area (Å²) in [6, 6.07) is 1.46. The first-order valence-corrected chi connectivity index (χ1v) is 4.45. The Labute approximate surface area is 87.4 Å². The Morgan fingerprint density at radius 1 is 1.40 bits per heavy atom. The summed E-state index contributed by atoms with van der Waals surface area (Å²) in [6.45, 7) is 5.15. The van der Waals surface area contributed by atoms with E-state index in [1.54, 1.807) is 20.8 Å². The second-order valence-corrected chi connectivity index (χ2v) is 3.97. The van der Waals surface area contributed by atoms with Gasteiger partial charge in [-0.1, -0.05) is 0 Å². The molecule has 0 saturated carbocycles. The van der Waals surface area contributed by atoms with Crippen molar-refractivity contribution in [2.24, 2.45) is 0 Å². The summed E-state index contributed by atoms with van der Waals surface area (Å²) < 4.78 is 9.61. The lowest BCUT2D eigenvalue weighted by atomic mass is 10.2. The lowest BCUT2D eigenvalue weighted by molar-refractivity contribution is 0.0508. The molecule has 1 heterocycles. The van der Waals surface area contributed by atoms with E-state index in [-0.39, 0.29) is 5.56 Å². The van der Waals surface area contributed by atoms with Crippen LogP contribution in [-0.2, 0) is 4.74 Å². The number of carbonyl (C=O) groups is 2. The van der Waals surface area contributed by atoms with E-state index in [0.717, 1.165) is 0 Å². The molecule has 1 aromatic heterocycles.